The van der Waals surface area contributed by atoms with Crippen molar-refractivity contribution in [1.82, 2.24) is 0 Å². The van der Waals surface area contributed by atoms with E-state index in [2.05, 4.69) is 69.2 Å². The average Bonchev–Trinajstić information content (AvgIpc) is 2.51. The molecule has 4 atom stereocenters. The largest absolute Gasteiger partial charge is 0.460 e. The molecule has 0 saturated carbocycles. The SMILES string of the molecule is CCSC(C)C(C)C(C)C(CO[Si](C(C)C)(C(C)C)C(C)C)OC(C)=O. The van der Waals surface area contributed by atoms with E-state index in [0.717, 1.165) is 5.75 Å². The van der Waals surface area contributed by atoms with Crippen LogP contribution < -0.4 is 0 Å². The van der Waals surface area contributed by atoms with Crippen molar-refractivity contribution < 1.29 is 14.0 Å². The lowest BCUT2D eigenvalue weighted by molar-refractivity contribution is -0.152. The molecule has 0 N–H and O–H groups in total. The zero-order chi connectivity index (χ0) is 20.7. The molecule has 26 heavy (non-hydrogen) atoms. The zero-order valence-corrected chi connectivity index (χ0v) is 20.9. The number of carbonyl (C=O) groups is 1. The van der Waals surface area contributed by atoms with Gasteiger partial charge in [0, 0.05) is 12.2 Å². The van der Waals surface area contributed by atoms with Gasteiger partial charge in [0.05, 0.1) is 6.61 Å². The Labute approximate surface area is 168 Å². The smallest absolute Gasteiger partial charge is 0.302 e. The maximum absolute atomic E-state index is 11.7. The van der Waals surface area contributed by atoms with Crippen LogP contribution in [0.15, 0.2) is 0 Å². The number of thioether (sulfide) groups is 1. The molecule has 4 unspecified atom stereocenters. The topological polar surface area (TPSA) is 35.5 Å². The Bertz CT molecular complexity index is 390. The molecule has 5 heteroatoms. The van der Waals surface area contributed by atoms with Gasteiger partial charge >= 0.3 is 5.97 Å². The standard InChI is InChI=1S/C21H44O3SSi/c1-12-25-19(10)17(8)18(9)21(24-20(11)22)13-23-26(14(2)3,15(4)5)16(6)7/h14-19,21H,12-13H2,1-11H3. The number of hydrogen-bond donors (Lipinski definition) is 0. The predicted molar refractivity (Wildman–Crippen MR) is 118 cm³/mol. The molecule has 0 saturated heterocycles. The first-order valence-electron chi connectivity index (χ1n) is 10.3. The predicted octanol–water partition coefficient (Wildman–Crippen LogP) is 6.52. The van der Waals surface area contributed by atoms with Gasteiger partial charge in [0.15, 0.2) is 0 Å². The van der Waals surface area contributed by atoms with Gasteiger partial charge in [-0.1, -0.05) is 69.2 Å². The second-order valence-electron chi connectivity index (χ2n) is 8.66. The molecule has 0 radical (unpaired) electrons. The first-order chi connectivity index (χ1) is 11.9. The summed E-state index contributed by atoms with van der Waals surface area (Å²) in [5, 5.41) is 0.537. The molecule has 0 aliphatic rings. The van der Waals surface area contributed by atoms with E-state index in [-0.39, 0.29) is 18.0 Å². The number of carbonyl (C=O) groups excluding carboxylic acids is 1. The lowest BCUT2D eigenvalue weighted by Crippen LogP contribution is -2.50. The molecule has 0 amide bonds. The summed E-state index contributed by atoms with van der Waals surface area (Å²) in [5.74, 6) is 1.63. The second-order valence-corrected chi connectivity index (χ2v) is 15.8. The Kier molecular flexibility index (Phi) is 11.8. The third kappa shape index (κ3) is 6.86. The van der Waals surface area contributed by atoms with Crippen molar-refractivity contribution in [2.45, 2.75) is 104 Å². The van der Waals surface area contributed by atoms with E-state index in [1.807, 2.05) is 11.8 Å². The Morgan fingerprint density at radius 2 is 1.35 bits per heavy atom. The van der Waals surface area contributed by atoms with Crippen molar-refractivity contribution in [2.75, 3.05) is 12.4 Å². The van der Waals surface area contributed by atoms with E-state index in [0.29, 0.717) is 34.4 Å². The first-order valence-corrected chi connectivity index (χ1v) is 13.5. The molecule has 0 aromatic rings. The number of esters is 1. The van der Waals surface area contributed by atoms with Crippen molar-refractivity contribution in [2.24, 2.45) is 11.8 Å². The minimum Gasteiger partial charge on any atom is -0.460 e. The van der Waals surface area contributed by atoms with Gasteiger partial charge < -0.3 is 9.16 Å². The fourth-order valence-corrected chi connectivity index (χ4v) is 10.9. The average molecular weight is 405 g/mol. The van der Waals surface area contributed by atoms with Crippen LogP contribution in [0.3, 0.4) is 0 Å². The summed E-state index contributed by atoms with van der Waals surface area (Å²) >= 11 is 1.97. The van der Waals surface area contributed by atoms with Crippen molar-refractivity contribution in [3.05, 3.63) is 0 Å². The van der Waals surface area contributed by atoms with Crippen LogP contribution in [0.1, 0.15) is 76.2 Å². The third-order valence-corrected chi connectivity index (χ3v) is 13.5. The van der Waals surface area contributed by atoms with Gasteiger partial charge in [-0.15, -0.1) is 0 Å². The van der Waals surface area contributed by atoms with Crippen molar-refractivity contribution in [1.29, 1.82) is 0 Å². The van der Waals surface area contributed by atoms with E-state index < -0.39 is 8.32 Å². The van der Waals surface area contributed by atoms with Gasteiger partial charge in [0.25, 0.3) is 0 Å². The van der Waals surface area contributed by atoms with Crippen molar-refractivity contribution in [3.8, 4) is 0 Å². The van der Waals surface area contributed by atoms with Crippen LogP contribution >= 0.6 is 11.8 Å². The Hall–Kier alpha value is -0.00312. The van der Waals surface area contributed by atoms with Gasteiger partial charge in [0.2, 0.25) is 8.32 Å². The van der Waals surface area contributed by atoms with Gasteiger partial charge in [-0.2, -0.15) is 11.8 Å². The van der Waals surface area contributed by atoms with Gasteiger partial charge in [-0.25, -0.2) is 0 Å². The van der Waals surface area contributed by atoms with Crippen LogP contribution in [0.4, 0.5) is 0 Å². The maximum Gasteiger partial charge on any atom is 0.302 e. The van der Waals surface area contributed by atoms with Gasteiger partial charge in [-0.3, -0.25) is 4.79 Å². The van der Waals surface area contributed by atoms with Gasteiger partial charge in [-0.05, 0) is 34.2 Å². The molecule has 0 rings (SSSR count). The van der Waals surface area contributed by atoms with Crippen LogP contribution in [0.25, 0.3) is 0 Å². The Morgan fingerprint density at radius 3 is 1.69 bits per heavy atom. The van der Waals surface area contributed by atoms with Gasteiger partial charge in [0.1, 0.15) is 6.10 Å². The first kappa shape index (κ1) is 26.0. The van der Waals surface area contributed by atoms with E-state index in [9.17, 15) is 4.79 Å². The fraction of sp³-hybridized carbons (Fsp3) is 0.952. The molecule has 0 aromatic heterocycles. The molecule has 0 aliphatic carbocycles. The van der Waals surface area contributed by atoms with E-state index in [1.54, 1.807) is 0 Å². The third-order valence-electron chi connectivity index (χ3n) is 6.11. The lowest BCUT2D eigenvalue weighted by Gasteiger charge is -2.43. The molecule has 0 spiro atoms. The summed E-state index contributed by atoms with van der Waals surface area (Å²) < 4.78 is 12.5. The van der Waals surface area contributed by atoms with Crippen LogP contribution in [-0.2, 0) is 14.0 Å². The summed E-state index contributed by atoms with van der Waals surface area (Å²) in [7, 11) is -1.96. The van der Waals surface area contributed by atoms with Crippen molar-refractivity contribution in [3.63, 3.8) is 0 Å². The number of rotatable bonds is 12. The highest BCUT2D eigenvalue weighted by atomic mass is 32.2. The van der Waals surface area contributed by atoms with Crippen LogP contribution in [0.2, 0.25) is 16.6 Å². The molecular formula is C21H44O3SSi. The molecule has 156 valence electrons. The Morgan fingerprint density at radius 1 is 0.885 bits per heavy atom. The summed E-state index contributed by atoms with van der Waals surface area (Å²) in [6.07, 6.45) is -0.175. The summed E-state index contributed by atoms with van der Waals surface area (Å²) in [5.41, 5.74) is 1.59. The monoisotopic (exact) mass is 404 g/mol. The highest BCUT2D eigenvalue weighted by Gasteiger charge is 2.46. The lowest BCUT2D eigenvalue weighted by atomic mass is 9.88. The molecule has 0 aromatic carbocycles. The normalized spacial score (nSPS) is 17.5. The van der Waals surface area contributed by atoms with Crippen molar-refractivity contribution >= 4 is 26.0 Å². The molecule has 0 fully saturated rings. The molecule has 0 heterocycles. The minimum atomic E-state index is -1.96. The van der Waals surface area contributed by atoms with Crippen LogP contribution in [-0.4, -0.2) is 38.0 Å². The fourth-order valence-electron chi connectivity index (χ4n) is 4.41. The minimum absolute atomic E-state index is 0.175. The second kappa shape index (κ2) is 11.8. The summed E-state index contributed by atoms with van der Waals surface area (Å²) in [6.45, 7) is 24.7. The summed E-state index contributed by atoms with van der Waals surface area (Å²) in [4.78, 5) is 11.7. The number of ether oxygens (including phenoxy) is 1. The highest BCUT2D eigenvalue weighted by molar-refractivity contribution is 7.99. The van der Waals surface area contributed by atoms with E-state index >= 15 is 0 Å². The summed E-state index contributed by atoms with van der Waals surface area (Å²) in [6, 6.07) is 0. The molecule has 3 nitrogen and oxygen atoms in total. The molecule has 0 bridgehead atoms. The number of hydrogen-bond acceptors (Lipinski definition) is 4. The van der Waals surface area contributed by atoms with Crippen LogP contribution in [0, 0.1) is 11.8 Å². The Balaban J connectivity index is 5.40. The molecular weight excluding hydrogens is 360 g/mol. The maximum atomic E-state index is 11.7. The zero-order valence-electron chi connectivity index (χ0n) is 19.1. The van der Waals surface area contributed by atoms with Crippen LogP contribution in [0.5, 0.6) is 0 Å². The highest BCUT2D eigenvalue weighted by Crippen LogP contribution is 2.42. The molecule has 0 aliphatic heterocycles. The quantitative estimate of drug-likeness (QED) is 0.274. The van der Waals surface area contributed by atoms with E-state index in [4.69, 9.17) is 9.16 Å². The van der Waals surface area contributed by atoms with E-state index in [1.165, 1.54) is 6.92 Å².